The fourth-order valence-corrected chi connectivity index (χ4v) is 5.21. The monoisotopic (exact) mass is 564 g/mol. The number of amides is 1. The van der Waals surface area contributed by atoms with Crippen molar-refractivity contribution in [1.29, 1.82) is 0 Å². The number of hydrogen-bond acceptors (Lipinski definition) is 3. The first-order valence-electron chi connectivity index (χ1n) is 13.8. The molecular formula is C33H37F3N3O2+. The molecule has 0 bridgehead atoms. The van der Waals surface area contributed by atoms with Gasteiger partial charge in [-0.2, -0.15) is 0 Å². The van der Waals surface area contributed by atoms with Crippen LogP contribution >= 0.6 is 0 Å². The number of halogens is 3. The predicted molar refractivity (Wildman–Crippen MR) is 155 cm³/mol. The second-order valence-corrected chi connectivity index (χ2v) is 11.3. The zero-order chi connectivity index (χ0) is 29.6. The van der Waals surface area contributed by atoms with Crippen LogP contribution in [-0.2, 0) is 11.3 Å². The Morgan fingerprint density at radius 3 is 2.34 bits per heavy atom. The molecule has 216 valence electrons. The maximum atomic E-state index is 14.9. The van der Waals surface area contributed by atoms with Crippen LogP contribution in [0.3, 0.4) is 0 Å². The highest BCUT2D eigenvalue weighted by molar-refractivity contribution is 6.05. The Balaban J connectivity index is 1.76. The second-order valence-electron chi connectivity index (χ2n) is 11.3. The number of hydrogen-bond donors (Lipinski definition) is 1. The van der Waals surface area contributed by atoms with Crippen molar-refractivity contribution in [2.75, 3.05) is 26.2 Å². The zero-order valence-electron chi connectivity index (χ0n) is 23.7. The molecule has 3 aromatic carbocycles. The lowest BCUT2D eigenvalue weighted by Gasteiger charge is -2.38. The molecule has 0 aliphatic carbocycles. The Kier molecular flexibility index (Phi) is 9.65. The highest BCUT2D eigenvalue weighted by Crippen LogP contribution is 2.32. The van der Waals surface area contributed by atoms with E-state index in [1.165, 1.54) is 30.3 Å². The number of rotatable bonds is 11. The van der Waals surface area contributed by atoms with Crippen LogP contribution in [0.25, 0.3) is 5.57 Å². The van der Waals surface area contributed by atoms with Crippen LogP contribution in [0.1, 0.15) is 38.3 Å². The van der Waals surface area contributed by atoms with E-state index >= 15 is 0 Å². The molecule has 3 aromatic rings. The molecule has 0 radical (unpaired) electrons. The van der Waals surface area contributed by atoms with Crippen molar-refractivity contribution >= 4 is 17.2 Å². The van der Waals surface area contributed by atoms with Gasteiger partial charge in [-0.3, -0.25) is 4.79 Å². The summed E-state index contributed by atoms with van der Waals surface area (Å²) < 4.78 is 50.3. The molecule has 4 rings (SSSR count). The molecule has 0 saturated heterocycles. The van der Waals surface area contributed by atoms with Gasteiger partial charge in [0.25, 0.3) is 5.91 Å². The minimum atomic E-state index is -0.518. The Morgan fingerprint density at radius 2 is 1.68 bits per heavy atom. The summed E-state index contributed by atoms with van der Waals surface area (Å²) >= 11 is 0. The van der Waals surface area contributed by atoms with Crippen molar-refractivity contribution in [2.45, 2.75) is 39.8 Å². The molecule has 0 aromatic heterocycles. The summed E-state index contributed by atoms with van der Waals surface area (Å²) in [6, 6.07) is 18.4. The van der Waals surface area contributed by atoms with Gasteiger partial charge in [0.15, 0.2) is 19.7 Å². The van der Waals surface area contributed by atoms with Gasteiger partial charge in [0.05, 0.1) is 0 Å². The molecule has 1 aliphatic heterocycles. The van der Waals surface area contributed by atoms with Gasteiger partial charge in [0.1, 0.15) is 29.2 Å². The van der Waals surface area contributed by atoms with E-state index < -0.39 is 28.9 Å². The van der Waals surface area contributed by atoms with E-state index in [1.807, 2.05) is 57.2 Å². The summed E-state index contributed by atoms with van der Waals surface area (Å²) in [6.07, 6.45) is 2.45. The number of ether oxygens (including phenoxy) is 1. The maximum Gasteiger partial charge on any atom is 0.261 e. The summed E-state index contributed by atoms with van der Waals surface area (Å²) in [5.41, 5.74) is 8.13. The van der Waals surface area contributed by atoms with Crippen LogP contribution < -0.4 is 10.5 Å². The quantitative estimate of drug-likeness (QED) is 0.299. The minimum absolute atomic E-state index is 0.199. The van der Waals surface area contributed by atoms with E-state index in [2.05, 4.69) is 4.58 Å². The summed E-state index contributed by atoms with van der Waals surface area (Å²) in [5.74, 6) is -1.29. The van der Waals surface area contributed by atoms with Gasteiger partial charge >= 0.3 is 0 Å². The number of nitrogens with zero attached hydrogens (tertiary/aromatic N) is 2. The van der Waals surface area contributed by atoms with Gasteiger partial charge < -0.3 is 15.4 Å². The molecule has 5 nitrogen and oxygen atoms in total. The largest absolute Gasteiger partial charge is 0.484 e. The van der Waals surface area contributed by atoms with Gasteiger partial charge in [-0.15, -0.1) is 0 Å². The van der Waals surface area contributed by atoms with Gasteiger partial charge in [-0.05, 0) is 60.8 Å². The molecule has 0 spiro atoms. The van der Waals surface area contributed by atoms with E-state index in [0.29, 0.717) is 43.9 Å². The molecule has 2 N–H and O–H groups in total. The first-order valence-corrected chi connectivity index (χ1v) is 13.8. The molecule has 8 heteroatoms. The van der Waals surface area contributed by atoms with Gasteiger partial charge in [0.2, 0.25) is 5.71 Å². The molecule has 0 fully saturated rings. The Hall–Kier alpha value is -3.91. The first kappa shape index (κ1) is 30.1. The van der Waals surface area contributed by atoms with Crippen LogP contribution in [0.4, 0.5) is 13.2 Å². The van der Waals surface area contributed by atoms with E-state index in [4.69, 9.17) is 10.5 Å². The number of nitrogens with two attached hydrogens (primary N) is 1. The van der Waals surface area contributed by atoms with Crippen molar-refractivity contribution in [3.8, 4) is 5.75 Å². The van der Waals surface area contributed by atoms with Crippen molar-refractivity contribution in [3.05, 3.63) is 107 Å². The average Bonchev–Trinajstić information content (AvgIpc) is 3.34. The van der Waals surface area contributed by atoms with Gasteiger partial charge in [0, 0.05) is 29.3 Å². The maximum absolute atomic E-state index is 14.9. The lowest BCUT2D eigenvalue weighted by Crippen LogP contribution is -2.54. The Labute approximate surface area is 239 Å². The number of carbonyl (C=O) groups is 1. The first-order chi connectivity index (χ1) is 19.6. The van der Waals surface area contributed by atoms with Crippen molar-refractivity contribution in [1.82, 2.24) is 4.90 Å². The SMILES string of the molecule is CC(C)(C)[C@H](C1=[N+](Cc2ccccc2)CC(c2cc(F)ccc2F)=C1)N(CCCN)C(=O)COc1ccc(F)cc1. The predicted octanol–water partition coefficient (Wildman–Crippen LogP) is 5.83. The number of carbonyl (C=O) groups excluding carboxylic acids is 1. The molecule has 1 heterocycles. The number of benzene rings is 3. The standard InChI is InChI=1S/C33H37F3N3O2/c1-33(2,3)32(39(17-7-16-37)31(40)22-41-27-13-10-25(34)11-14-27)30-18-24(28-19-26(35)12-15-29(28)36)21-38(30)20-23-8-5-4-6-9-23/h4-6,8-15,18-19,32H,7,16-17,20-22,37H2,1-3H3/q+1/t32-/m0/s1. The Bertz CT molecular complexity index is 1410. The third kappa shape index (κ3) is 7.64. The third-order valence-electron chi connectivity index (χ3n) is 7.05. The van der Waals surface area contributed by atoms with Crippen LogP contribution in [0.15, 0.2) is 78.9 Å². The van der Waals surface area contributed by atoms with Gasteiger partial charge in [-0.25, -0.2) is 17.7 Å². The third-order valence-corrected chi connectivity index (χ3v) is 7.05. The second kappa shape index (κ2) is 13.2. The van der Waals surface area contributed by atoms with Gasteiger partial charge in [-0.1, -0.05) is 51.1 Å². The van der Waals surface area contributed by atoms with E-state index in [9.17, 15) is 18.0 Å². The summed E-state index contributed by atoms with van der Waals surface area (Å²) in [5, 5.41) is 0. The van der Waals surface area contributed by atoms with Crippen molar-refractivity contribution in [3.63, 3.8) is 0 Å². The lowest BCUT2D eigenvalue weighted by molar-refractivity contribution is -0.530. The molecule has 0 saturated carbocycles. The molecule has 1 atom stereocenters. The van der Waals surface area contributed by atoms with Crippen LogP contribution in [0.2, 0.25) is 0 Å². The topological polar surface area (TPSA) is 58.6 Å². The lowest BCUT2D eigenvalue weighted by atomic mass is 9.81. The van der Waals surface area contributed by atoms with E-state index in [-0.39, 0.29) is 18.1 Å². The molecule has 0 unspecified atom stereocenters. The van der Waals surface area contributed by atoms with Crippen LogP contribution in [-0.4, -0.2) is 53.4 Å². The van der Waals surface area contributed by atoms with Crippen LogP contribution in [0.5, 0.6) is 5.75 Å². The fraction of sp³-hybridized carbons (Fsp3) is 0.333. The molecule has 1 amide bonds. The van der Waals surface area contributed by atoms with Crippen molar-refractivity contribution < 1.29 is 27.3 Å². The molecule has 41 heavy (non-hydrogen) atoms. The van der Waals surface area contributed by atoms with E-state index in [0.717, 1.165) is 23.4 Å². The average molecular weight is 565 g/mol. The summed E-state index contributed by atoms with van der Waals surface area (Å²) in [7, 11) is 0. The molecular weight excluding hydrogens is 527 g/mol. The highest BCUT2D eigenvalue weighted by Gasteiger charge is 2.43. The Morgan fingerprint density at radius 1 is 1.00 bits per heavy atom. The zero-order valence-corrected chi connectivity index (χ0v) is 23.7. The van der Waals surface area contributed by atoms with Crippen molar-refractivity contribution in [2.24, 2.45) is 11.1 Å². The highest BCUT2D eigenvalue weighted by atomic mass is 19.1. The summed E-state index contributed by atoms with van der Waals surface area (Å²) in [4.78, 5) is 15.5. The normalized spacial score (nSPS) is 14.2. The minimum Gasteiger partial charge on any atom is -0.484 e. The van der Waals surface area contributed by atoms with Crippen LogP contribution in [0, 0.1) is 22.9 Å². The fourth-order valence-electron chi connectivity index (χ4n) is 5.21. The summed E-state index contributed by atoms with van der Waals surface area (Å²) in [6.45, 7) is 7.52. The molecule has 1 aliphatic rings. The smallest absolute Gasteiger partial charge is 0.261 e. The van der Waals surface area contributed by atoms with E-state index in [1.54, 1.807) is 4.90 Å².